The lowest BCUT2D eigenvalue weighted by molar-refractivity contribution is 0.641. The highest BCUT2D eigenvalue weighted by atomic mass is 14.8. The maximum Gasteiger partial charge on any atom is 0.0957 e. The van der Waals surface area contributed by atoms with Crippen molar-refractivity contribution < 1.29 is 0 Å². The maximum absolute atomic E-state index is 5.38. The molecule has 0 aromatic heterocycles. The van der Waals surface area contributed by atoms with Crippen LogP contribution in [0.15, 0.2) is 16.8 Å². The average Bonchev–Trinajstić information content (AvgIpc) is 1.82. The summed E-state index contributed by atoms with van der Waals surface area (Å²) in [5.41, 5.74) is 6.66. The highest BCUT2D eigenvalue weighted by molar-refractivity contribution is 5.77. The zero-order chi connectivity index (χ0) is 8.85. The van der Waals surface area contributed by atoms with Crippen molar-refractivity contribution in [3.8, 4) is 0 Å². The number of rotatable bonds is 3. The van der Waals surface area contributed by atoms with Crippen LogP contribution < -0.4 is 5.73 Å². The van der Waals surface area contributed by atoms with Gasteiger partial charge in [-0.25, -0.2) is 4.99 Å². The summed E-state index contributed by atoms with van der Waals surface area (Å²) in [6.07, 6.45) is 2.94. The maximum atomic E-state index is 5.38. The first-order valence-electron chi connectivity index (χ1n) is 3.98. The molecule has 0 fully saturated rings. The molecule has 0 bridgehead atoms. The smallest absolute Gasteiger partial charge is 0.0957 e. The van der Waals surface area contributed by atoms with Crippen molar-refractivity contribution in [3.05, 3.63) is 11.8 Å². The Labute approximate surface area is 69.2 Å². The van der Waals surface area contributed by atoms with Crippen LogP contribution in [0.5, 0.6) is 0 Å². The largest absolute Gasteiger partial charge is 0.387 e. The second kappa shape index (κ2) is 4.94. The van der Waals surface area contributed by atoms with Gasteiger partial charge in [0.1, 0.15) is 0 Å². The summed E-state index contributed by atoms with van der Waals surface area (Å²) in [4.78, 5) is 4.01. The summed E-state index contributed by atoms with van der Waals surface area (Å²) < 4.78 is 0. The van der Waals surface area contributed by atoms with Crippen LogP contribution in [-0.4, -0.2) is 5.84 Å². The molecule has 0 saturated heterocycles. The molecular weight excluding hydrogens is 136 g/mol. The first kappa shape index (κ1) is 10.2. The van der Waals surface area contributed by atoms with E-state index in [1.807, 2.05) is 6.20 Å². The molecule has 2 heteroatoms. The van der Waals surface area contributed by atoms with Gasteiger partial charge in [-0.3, -0.25) is 0 Å². The Balaban J connectivity index is 3.91. The fourth-order valence-corrected chi connectivity index (χ4v) is 0.909. The highest BCUT2D eigenvalue weighted by Gasteiger charge is 1.93. The molecule has 11 heavy (non-hydrogen) atoms. The molecule has 0 saturated carbocycles. The minimum absolute atomic E-state index is 0.619. The summed E-state index contributed by atoms with van der Waals surface area (Å²) in [5, 5.41) is 0. The number of aliphatic imine (C=N–C) groups is 1. The van der Waals surface area contributed by atoms with Crippen molar-refractivity contribution in [2.45, 2.75) is 34.1 Å². The first-order chi connectivity index (χ1) is 5.02. The van der Waals surface area contributed by atoms with E-state index in [0.29, 0.717) is 11.8 Å². The predicted octanol–water partition coefficient (Wildman–Crippen LogP) is 2.31. The van der Waals surface area contributed by atoms with E-state index in [2.05, 4.69) is 25.8 Å². The van der Waals surface area contributed by atoms with Gasteiger partial charge in [-0.15, -0.1) is 0 Å². The van der Waals surface area contributed by atoms with Crippen LogP contribution in [0.4, 0.5) is 0 Å². The van der Waals surface area contributed by atoms with Gasteiger partial charge in [0.05, 0.1) is 5.84 Å². The molecule has 0 aliphatic carbocycles. The van der Waals surface area contributed by atoms with Gasteiger partial charge in [-0.05, 0) is 26.2 Å². The molecule has 2 N–H and O–H groups in total. The highest BCUT2D eigenvalue weighted by Crippen LogP contribution is 2.08. The third-order valence-corrected chi connectivity index (χ3v) is 1.22. The van der Waals surface area contributed by atoms with Crippen LogP contribution in [0.2, 0.25) is 0 Å². The summed E-state index contributed by atoms with van der Waals surface area (Å²) in [5.74, 6) is 1.31. The van der Waals surface area contributed by atoms with Gasteiger partial charge in [0.25, 0.3) is 0 Å². The Kier molecular flexibility index (Phi) is 4.59. The molecule has 0 aromatic carbocycles. The molecule has 0 unspecified atom stereocenters. The van der Waals surface area contributed by atoms with Crippen molar-refractivity contribution >= 4 is 5.84 Å². The first-order valence-corrected chi connectivity index (χ1v) is 3.98. The van der Waals surface area contributed by atoms with Crippen molar-refractivity contribution in [3.63, 3.8) is 0 Å². The molecule has 0 atom stereocenters. The van der Waals surface area contributed by atoms with Gasteiger partial charge in [-0.2, -0.15) is 0 Å². The number of nitrogens with two attached hydrogens (primary N) is 1. The summed E-state index contributed by atoms with van der Waals surface area (Å²) in [6.45, 7) is 8.25. The number of amidine groups is 1. The van der Waals surface area contributed by atoms with E-state index in [1.54, 1.807) is 6.92 Å². The summed E-state index contributed by atoms with van der Waals surface area (Å²) in [6, 6.07) is 0. The van der Waals surface area contributed by atoms with Gasteiger partial charge in [0, 0.05) is 6.20 Å². The Morgan fingerprint density at radius 3 is 2.36 bits per heavy atom. The molecule has 0 aliphatic rings. The van der Waals surface area contributed by atoms with E-state index in [9.17, 15) is 0 Å². The van der Waals surface area contributed by atoms with Crippen molar-refractivity contribution in [1.82, 2.24) is 0 Å². The SMILES string of the molecule is CC(N)=N/C=C(\C)CC(C)C. The topological polar surface area (TPSA) is 38.4 Å². The number of hydrogen-bond acceptors (Lipinski definition) is 1. The van der Waals surface area contributed by atoms with Crippen LogP contribution >= 0.6 is 0 Å². The zero-order valence-corrected chi connectivity index (χ0v) is 7.89. The fraction of sp³-hybridized carbons (Fsp3) is 0.667. The van der Waals surface area contributed by atoms with Gasteiger partial charge < -0.3 is 5.73 Å². The van der Waals surface area contributed by atoms with Crippen molar-refractivity contribution in [2.24, 2.45) is 16.6 Å². The Bertz CT molecular complexity index is 162. The van der Waals surface area contributed by atoms with Gasteiger partial charge >= 0.3 is 0 Å². The van der Waals surface area contributed by atoms with Crippen LogP contribution in [0, 0.1) is 5.92 Å². The molecule has 64 valence electrons. The third-order valence-electron chi connectivity index (χ3n) is 1.22. The summed E-state index contributed by atoms with van der Waals surface area (Å²) >= 11 is 0. The number of hydrogen-bond donors (Lipinski definition) is 1. The van der Waals surface area contributed by atoms with E-state index < -0.39 is 0 Å². The van der Waals surface area contributed by atoms with E-state index in [4.69, 9.17) is 5.73 Å². The van der Waals surface area contributed by atoms with Crippen molar-refractivity contribution in [2.75, 3.05) is 0 Å². The molecular formula is C9H18N2. The van der Waals surface area contributed by atoms with E-state index in [0.717, 1.165) is 6.42 Å². The molecule has 0 heterocycles. The Hall–Kier alpha value is -0.790. The predicted molar refractivity (Wildman–Crippen MR) is 50.5 cm³/mol. The second-order valence-corrected chi connectivity index (χ2v) is 3.34. The minimum atomic E-state index is 0.619. The van der Waals surface area contributed by atoms with Gasteiger partial charge in [0.2, 0.25) is 0 Å². The van der Waals surface area contributed by atoms with Crippen LogP contribution in [0.3, 0.4) is 0 Å². The van der Waals surface area contributed by atoms with Gasteiger partial charge in [-0.1, -0.05) is 19.4 Å². The lowest BCUT2D eigenvalue weighted by Crippen LogP contribution is -2.03. The minimum Gasteiger partial charge on any atom is -0.387 e. The molecule has 0 rings (SSSR count). The van der Waals surface area contributed by atoms with E-state index >= 15 is 0 Å². The number of allylic oxidation sites excluding steroid dienone is 1. The van der Waals surface area contributed by atoms with Crippen molar-refractivity contribution in [1.29, 1.82) is 0 Å². The average molecular weight is 154 g/mol. The molecule has 0 radical (unpaired) electrons. The van der Waals surface area contributed by atoms with E-state index in [1.165, 1.54) is 5.57 Å². The molecule has 0 spiro atoms. The molecule has 0 amide bonds. The second-order valence-electron chi connectivity index (χ2n) is 3.34. The molecule has 2 nitrogen and oxygen atoms in total. The lowest BCUT2D eigenvalue weighted by Gasteiger charge is -2.02. The lowest BCUT2D eigenvalue weighted by atomic mass is 10.1. The van der Waals surface area contributed by atoms with Crippen LogP contribution in [0.1, 0.15) is 34.1 Å². The van der Waals surface area contributed by atoms with Crippen LogP contribution in [-0.2, 0) is 0 Å². The zero-order valence-electron chi connectivity index (χ0n) is 7.89. The van der Waals surface area contributed by atoms with Crippen LogP contribution in [0.25, 0.3) is 0 Å². The molecule has 0 aromatic rings. The Morgan fingerprint density at radius 2 is 2.00 bits per heavy atom. The quantitative estimate of drug-likeness (QED) is 0.491. The monoisotopic (exact) mass is 154 g/mol. The standard InChI is InChI=1S/C9H18N2/c1-7(2)5-8(3)6-11-9(4)10/h6-7H,5H2,1-4H3,(H2,10,11)/b8-6+. The van der Waals surface area contributed by atoms with E-state index in [-0.39, 0.29) is 0 Å². The Morgan fingerprint density at radius 1 is 1.45 bits per heavy atom. The number of nitrogens with zero attached hydrogens (tertiary/aromatic N) is 1. The normalized spacial score (nSPS) is 14.3. The van der Waals surface area contributed by atoms with Gasteiger partial charge in [0.15, 0.2) is 0 Å². The third kappa shape index (κ3) is 7.10. The summed E-state index contributed by atoms with van der Waals surface area (Å²) in [7, 11) is 0. The fourth-order valence-electron chi connectivity index (χ4n) is 0.909. The molecule has 0 aliphatic heterocycles.